The van der Waals surface area contributed by atoms with Gasteiger partial charge in [-0.05, 0) is 73.7 Å². The number of rotatable bonds is 6. The lowest BCUT2D eigenvalue weighted by Crippen LogP contribution is -2.16. The molecule has 1 amide bonds. The summed E-state index contributed by atoms with van der Waals surface area (Å²) in [4.78, 5) is 16.9. The smallest absolute Gasteiger partial charge is 0.273 e. The van der Waals surface area contributed by atoms with Crippen LogP contribution in [0.5, 0.6) is 0 Å². The van der Waals surface area contributed by atoms with Crippen LogP contribution >= 0.6 is 0 Å². The normalized spacial score (nSPS) is 11.2. The first-order valence-corrected chi connectivity index (χ1v) is 10.8. The van der Waals surface area contributed by atoms with Gasteiger partial charge in [-0.15, -0.1) is 0 Å². The number of pyridine rings is 1. The molecule has 168 valence electrons. The molecule has 0 aliphatic rings. The topological polar surface area (TPSA) is 101 Å². The summed E-state index contributed by atoms with van der Waals surface area (Å²) in [6, 6.07) is 21.2. The van der Waals surface area contributed by atoms with Crippen molar-refractivity contribution >= 4 is 46.0 Å². The highest BCUT2D eigenvalue weighted by Crippen LogP contribution is 2.25. The maximum Gasteiger partial charge on any atom is 0.273 e. The molecule has 3 N–H and O–H groups in total. The summed E-state index contributed by atoms with van der Waals surface area (Å²) in [6.45, 7) is 1.86. The number of benzene rings is 2. The SMILES string of the molecule is Cc1cc(C(=O)Nc2cccc(Nc3ccc4c(C=Cc5ccccn5)n[nH]c4c3)c2)n(C)n1. The molecule has 0 fully saturated rings. The number of carbonyl (C=O) groups excluding carboxylic acids is 1. The fraction of sp³-hybridized carbons (Fsp3) is 0.0769. The minimum atomic E-state index is -0.203. The number of aromatic nitrogens is 5. The molecule has 0 spiro atoms. The van der Waals surface area contributed by atoms with Gasteiger partial charge in [-0.2, -0.15) is 10.2 Å². The number of H-pyrrole nitrogens is 1. The highest BCUT2D eigenvalue weighted by Gasteiger charge is 2.12. The first kappa shape index (κ1) is 21.1. The van der Waals surface area contributed by atoms with E-state index < -0.39 is 0 Å². The summed E-state index contributed by atoms with van der Waals surface area (Å²) < 4.78 is 1.58. The third-order valence-electron chi connectivity index (χ3n) is 5.34. The van der Waals surface area contributed by atoms with Gasteiger partial charge in [0, 0.05) is 35.7 Å². The number of aromatic amines is 1. The number of nitrogens with one attached hydrogen (secondary N) is 3. The number of amides is 1. The Balaban J connectivity index is 1.31. The molecule has 0 aliphatic carbocycles. The average Bonchev–Trinajstić information content (AvgIpc) is 3.40. The van der Waals surface area contributed by atoms with Gasteiger partial charge in [0.25, 0.3) is 5.91 Å². The molecule has 3 aromatic heterocycles. The third kappa shape index (κ3) is 4.56. The summed E-state index contributed by atoms with van der Waals surface area (Å²) in [6.07, 6.45) is 5.65. The fourth-order valence-electron chi connectivity index (χ4n) is 3.74. The predicted molar refractivity (Wildman–Crippen MR) is 135 cm³/mol. The van der Waals surface area contributed by atoms with Gasteiger partial charge < -0.3 is 10.6 Å². The van der Waals surface area contributed by atoms with Crippen LogP contribution in [-0.2, 0) is 7.05 Å². The van der Waals surface area contributed by atoms with Crippen LogP contribution in [0.2, 0.25) is 0 Å². The highest BCUT2D eigenvalue weighted by molar-refractivity contribution is 6.03. The Hall–Kier alpha value is -4.72. The second kappa shape index (κ2) is 9.03. The Kier molecular flexibility index (Phi) is 5.61. The lowest BCUT2D eigenvalue weighted by Gasteiger charge is -2.10. The summed E-state index contributed by atoms with van der Waals surface area (Å²) in [5, 5.41) is 19.1. The summed E-state index contributed by atoms with van der Waals surface area (Å²) in [7, 11) is 1.76. The van der Waals surface area contributed by atoms with Crippen LogP contribution < -0.4 is 10.6 Å². The quantitative estimate of drug-likeness (QED) is 0.332. The molecule has 5 rings (SSSR count). The van der Waals surface area contributed by atoms with Crippen molar-refractivity contribution in [2.75, 3.05) is 10.6 Å². The maximum absolute atomic E-state index is 12.6. The molecule has 0 saturated heterocycles. The van der Waals surface area contributed by atoms with Crippen LogP contribution in [0.15, 0.2) is 72.9 Å². The van der Waals surface area contributed by atoms with Gasteiger partial charge in [0.1, 0.15) is 5.69 Å². The molecule has 34 heavy (non-hydrogen) atoms. The molecule has 0 atom stereocenters. The molecular weight excluding hydrogens is 426 g/mol. The summed E-state index contributed by atoms with van der Waals surface area (Å²) >= 11 is 0. The molecular formula is C26H23N7O. The van der Waals surface area contributed by atoms with Crippen LogP contribution in [-0.4, -0.2) is 30.9 Å². The zero-order chi connectivity index (χ0) is 23.5. The molecule has 2 aromatic carbocycles. The molecule has 0 unspecified atom stereocenters. The molecule has 0 radical (unpaired) electrons. The lowest BCUT2D eigenvalue weighted by molar-refractivity contribution is 0.101. The molecule has 8 heteroatoms. The predicted octanol–water partition coefficient (Wildman–Crippen LogP) is 5.17. The average molecular weight is 450 g/mol. The number of fused-ring (bicyclic) bond motifs is 1. The highest BCUT2D eigenvalue weighted by atomic mass is 16.2. The van der Waals surface area contributed by atoms with Gasteiger partial charge in [-0.25, -0.2) is 0 Å². The largest absolute Gasteiger partial charge is 0.355 e. The molecule has 5 aromatic rings. The van der Waals surface area contributed by atoms with Crippen LogP contribution in [0.4, 0.5) is 17.1 Å². The Bertz CT molecular complexity index is 1500. The van der Waals surface area contributed by atoms with Crippen molar-refractivity contribution in [3.05, 3.63) is 95.7 Å². The van der Waals surface area contributed by atoms with E-state index in [1.54, 1.807) is 24.0 Å². The monoisotopic (exact) mass is 449 g/mol. The molecule has 8 nitrogen and oxygen atoms in total. The number of hydrogen-bond acceptors (Lipinski definition) is 5. The summed E-state index contributed by atoms with van der Waals surface area (Å²) in [5.74, 6) is -0.203. The fourth-order valence-corrected chi connectivity index (χ4v) is 3.74. The minimum Gasteiger partial charge on any atom is -0.355 e. The van der Waals surface area contributed by atoms with Crippen LogP contribution in [0, 0.1) is 6.92 Å². The van der Waals surface area contributed by atoms with E-state index in [1.165, 1.54) is 0 Å². The van der Waals surface area contributed by atoms with Crippen molar-refractivity contribution in [3.63, 3.8) is 0 Å². The number of carbonyl (C=O) groups is 1. The van der Waals surface area contributed by atoms with Gasteiger partial charge in [-0.1, -0.05) is 12.1 Å². The number of nitrogens with zero attached hydrogens (tertiary/aromatic N) is 4. The Morgan fingerprint density at radius 3 is 2.62 bits per heavy atom. The number of anilines is 3. The van der Waals surface area contributed by atoms with Crippen LogP contribution in [0.1, 0.15) is 27.6 Å². The molecule has 0 aliphatic heterocycles. The van der Waals surface area contributed by atoms with Crippen LogP contribution in [0.3, 0.4) is 0 Å². The van der Waals surface area contributed by atoms with Crippen molar-refractivity contribution in [2.24, 2.45) is 7.05 Å². The molecule has 0 saturated carbocycles. The number of aryl methyl sites for hydroxylation is 2. The summed E-state index contributed by atoms with van der Waals surface area (Å²) in [5.41, 5.74) is 6.40. The Morgan fingerprint density at radius 2 is 1.82 bits per heavy atom. The van der Waals surface area contributed by atoms with E-state index in [0.717, 1.165) is 39.4 Å². The van der Waals surface area contributed by atoms with E-state index in [-0.39, 0.29) is 5.91 Å². The van der Waals surface area contributed by atoms with E-state index in [1.807, 2.05) is 79.7 Å². The van der Waals surface area contributed by atoms with Crippen molar-refractivity contribution in [2.45, 2.75) is 6.92 Å². The van der Waals surface area contributed by atoms with Gasteiger partial charge in [0.2, 0.25) is 0 Å². The zero-order valence-corrected chi connectivity index (χ0v) is 18.8. The van der Waals surface area contributed by atoms with E-state index in [2.05, 4.69) is 30.9 Å². The lowest BCUT2D eigenvalue weighted by atomic mass is 10.1. The third-order valence-corrected chi connectivity index (χ3v) is 5.34. The van der Waals surface area contributed by atoms with Crippen molar-refractivity contribution in [1.82, 2.24) is 25.0 Å². The van der Waals surface area contributed by atoms with E-state index >= 15 is 0 Å². The van der Waals surface area contributed by atoms with E-state index in [4.69, 9.17) is 0 Å². The second-order valence-corrected chi connectivity index (χ2v) is 7.91. The second-order valence-electron chi connectivity index (χ2n) is 7.91. The molecule has 0 bridgehead atoms. The van der Waals surface area contributed by atoms with Gasteiger partial charge >= 0.3 is 0 Å². The first-order chi connectivity index (χ1) is 16.5. The maximum atomic E-state index is 12.6. The van der Waals surface area contributed by atoms with Crippen molar-refractivity contribution in [3.8, 4) is 0 Å². The van der Waals surface area contributed by atoms with Crippen LogP contribution in [0.25, 0.3) is 23.1 Å². The van der Waals surface area contributed by atoms with Crippen molar-refractivity contribution in [1.29, 1.82) is 0 Å². The zero-order valence-electron chi connectivity index (χ0n) is 18.8. The van der Waals surface area contributed by atoms with E-state index in [0.29, 0.717) is 11.4 Å². The minimum absolute atomic E-state index is 0.203. The van der Waals surface area contributed by atoms with Gasteiger partial charge in [0.05, 0.1) is 22.6 Å². The van der Waals surface area contributed by atoms with E-state index in [9.17, 15) is 4.79 Å². The Labute approximate surface area is 196 Å². The Morgan fingerprint density at radius 1 is 0.971 bits per heavy atom. The van der Waals surface area contributed by atoms with Gasteiger partial charge in [-0.3, -0.25) is 19.6 Å². The number of hydrogen-bond donors (Lipinski definition) is 3. The van der Waals surface area contributed by atoms with Crippen molar-refractivity contribution < 1.29 is 4.79 Å². The van der Waals surface area contributed by atoms with Gasteiger partial charge in [0.15, 0.2) is 0 Å². The standard InChI is InChI=1S/C26H23N7O/c1-17-14-25(33(2)32-17)26(34)29-20-8-5-7-19(15-20)28-21-9-11-22-23(30-31-24(22)16-21)12-10-18-6-3-4-13-27-18/h3-16,28H,1-2H3,(H,29,34)(H,30,31). The first-order valence-electron chi connectivity index (χ1n) is 10.8. The molecule has 3 heterocycles.